The highest BCUT2D eigenvalue weighted by molar-refractivity contribution is 7.12. The van der Waals surface area contributed by atoms with Crippen molar-refractivity contribution in [2.75, 3.05) is 5.32 Å². The third kappa shape index (κ3) is 4.20. The summed E-state index contributed by atoms with van der Waals surface area (Å²) in [7, 11) is 0. The van der Waals surface area contributed by atoms with Crippen molar-refractivity contribution in [1.29, 1.82) is 0 Å². The van der Waals surface area contributed by atoms with Crippen LogP contribution in [0.1, 0.15) is 44.8 Å². The quantitative estimate of drug-likeness (QED) is 0.614. The number of thiophene rings is 2. The lowest BCUT2D eigenvalue weighted by molar-refractivity contribution is 0.0930. The van der Waals surface area contributed by atoms with E-state index in [-0.39, 0.29) is 23.8 Å². The second-order valence-corrected chi connectivity index (χ2v) is 8.09. The van der Waals surface area contributed by atoms with Crippen molar-refractivity contribution in [2.45, 2.75) is 19.9 Å². The van der Waals surface area contributed by atoms with Gasteiger partial charge in [0.15, 0.2) is 0 Å². The van der Waals surface area contributed by atoms with Crippen molar-refractivity contribution < 1.29 is 9.59 Å². The molecule has 2 aromatic heterocycles. The molecule has 1 unspecified atom stereocenters. The number of anilines is 1. The Hall–Kier alpha value is -2.44. The van der Waals surface area contributed by atoms with Crippen molar-refractivity contribution in [3.8, 4) is 0 Å². The zero-order valence-corrected chi connectivity index (χ0v) is 16.2. The molecule has 0 spiro atoms. The van der Waals surface area contributed by atoms with E-state index in [0.717, 1.165) is 11.3 Å². The predicted molar refractivity (Wildman–Crippen MR) is 108 cm³/mol. The molecule has 3 rings (SSSR count). The van der Waals surface area contributed by atoms with E-state index in [1.54, 1.807) is 6.07 Å². The van der Waals surface area contributed by atoms with E-state index in [4.69, 9.17) is 0 Å². The third-order valence-electron chi connectivity index (χ3n) is 3.99. The lowest BCUT2D eigenvalue weighted by atomic mass is 9.94. The highest BCUT2D eigenvalue weighted by Gasteiger charge is 2.23. The Kier molecular flexibility index (Phi) is 5.85. The van der Waals surface area contributed by atoms with Gasteiger partial charge in [0.1, 0.15) is 0 Å². The number of carbonyl (C=O) groups is 2. The number of hydrogen-bond donors (Lipinski definition) is 2. The minimum Gasteiger partial charge on any atom is -0.344 e. The number of nitrogens with one attached hydrogen (secondary N) is 2. The first-order valence-electron chi connectivity index (χ1n) is 8.34. The first-order valence-corrected chi connectivity index (χ1v) is 10.1. The number of hydrogen-bond acceptors (Lipinski definition) is 4. The Morgan fingerprint density at radius 3 is 2.04 bits per heavy atom. The number of para-hydroxylation sites is 1. The van der Waals surface area contributed by atoms with Crippen molar-refractivity contribution in [3.05, 3.63) is 74.6 Å². The molecular formula is C20H20N2O2S2. The summed E-state index contributed by atoms with van der Waals surface area (Å²) >= 11 is 2.81. The molecule has 0 aliphatic carbocycles. The van der Waals surface area contributed by atoms with Crippen molar-refractivity contribution in [1.82, 2.24) is 5.32 Å². The van der Waals surface area contributed by atoms with E-state index in [9.17, 15) is 9.59 Å². The molecule has 0 saturated carbocycles. The number of rotatable bonds is 6. The molecule has 2 heterocycles. The third-order valence-corrected chi connectivity index (χ3v) is 5.72. The second-order valence-electron chi connectivity index (χ2n) is 6.19. The van der Waals surface area contributed by atoms with Gasteiger partial charge in [-0.2, -0.15) is 0 Å². The normalized spacial score (nSPS) is 12.0. The van der Waals surface area contributed by atoms with Crippen LogP contribution in [0.25, 0.3) is 0 Å². The summed E-state index contributed by atoms with van der Waals surface area (Å²) in [5.74, 6) is -0.0728. The molecule has 0 bridgehead atoms. The fourth-order valence-corrected chi connectivity index (χ4v) is 3.94. The molecule has 26 heavy (non-hydrogen) atoms. The minimum absolute atomic E-state index is 0.0990. The Bertz CT molecular complexity index is 871. The molecule has 4 nitrogen and oxygen atoms in total. The molecule has 1 atom stereocenters. The van der Waals surface area contributed by atoms with Crippen LogP contribution in [0.3, 0.4) is 0 Å². The lowest BCUT2D eigenvalue weighted by Crippen LogP contribution is -2.32. The molecule has 0 aliphatic rings. The first-order chi connectivity index (χ1) is 12.6. The SMILES string of the molecule is CC(C)C(NC(=O)c1cccs1)c1ccccc1NC(=O)c1cccs1. The maximum absolute atomic E-state index is 12.5. The number of benzene rings is 1. The minimum atomic E-state index is -0.204. The van der Waals surface area contributed by atoms with E-state index in [0.29, 0.717) is 9.75 Å². The van der Waals surface area contributed by atoms with Gasteiger partial charge < -0.3 is 10.6 Å². The van der Waals surface area contributed by atoms with Crippen LogP contribution in [0.15, 0.2) is 59.3 Å². The lowest BCUT2D eigenvalue weighted by Gasteiger charge is -2.25. The Balaban J connectivity index is 1.85. The standard InChI is InChI=1S/C20H20N2O2S2/c1-13(2)18(22-20(24)17-10-6-12-26-17)14-7-3-4-8-15(14)21-19(23)16-9-5-11-25-16/h3-13,18H,1-2H3,(H,21,23)(H,22,24). The summed E-state index contributed by atoms with van der Waals surface area (Å²) in [5.41, 5.74) is 1.62. The van der Waals surface area contributed by atoms with Gasteiger partial charge in [-0.1, -0.05) is 44.2 Å². The summed E-state index contributed by atoms with van der Waals surface area (Å²) in [5, 5.41) is 9.84. The molecular weight excluding hydrogens is 364 g/mol. The molecule has 2 amide bonds. The van der Waals surface area contributed by atoms with Gasteiger partial charge in [0.25, 0.3) is 11.8 Å². The van der Waals surface area contributed by atoms with E-state index < -0.39 is 0 Å². The second kappa shape index (κ2) is 8.29. The average Bonchev–Trinajstić information content (AvgIpc) is 3.33. The van der Waals surface area contributed by atoms with E-state index in [2.05, 4.69) is 24.5 Å². The fraction of sp³-hybridized carbons (Fsp3) is 0.200. The summed E-state index contributed by atoms with van der Waals surface area (Å²) in [6.45, 7) is 4.11. The van der Waals surface area contributed by atoms with E-state index >= 15 is 0 Å². The van der Waals surface area contributed by atoms with Gasteiger partial charge in [0.05, 0.1) is 15.8 Å². The van der Waals surface area contributed by atoms with E-state index in [1.807, 2.05) is 53.2 Å². The van der Waals surface area contributed by atoms with Crippen molar-refractivity contribution in [3.63, 3.8) is 0 Å². The van der Waals surface area contributed by atoms with Crippen LogP contribution in [-0.4, -0.2) is 11.8 Å². The van der Waals surface area contributed by atoms with Crippen LogP contribution in [-0.2, 0) is 0 Å². The molecule has 3 aromatic rings. The number of amides is 2. The van der Waals surface area contributed by atoms with Crippen LogP contribution in [0, 0.1) is 5.92 Å². The molecule has 0 saturated heterocycles. The number of carbonyl (C=O) groups excluding carboxylic acids is 2. The molecule has 134 valence electrons. The summed E-state index contributed by atoms with van der Waals surface area (Å²) < 4.78 is 0. The Labute approximate surface area is 160 Å². The smallest absolute Gasteiger partial charge is 0.265 e. The van der Waals surface area contributed by atoms with Crippen LogP contribution < -0.4 is 10.6 Å². The van der Waals surface area contributed by atoms with Gasteiger partial charge in [-0.25, -0.2) is 0 Å². The topological polar surface area (TPSA) is 58.2 Å². The molecule has 1 aromatic carbocycles. The van der Waals surface area contributed by atoms with Gasteiger partial charge in [-0.3, -0.25) is 9.59 Å². The monoisotopic (exact) mass is 384 g/mol. The zero-order valence-electron chi connectivity index (χ0n) is 14.6. The van der Waals surface area contributed by atoms with Gasteiger partial charge in [0.2, 0.25) is 0 Å². The van der Waals surface area contributed by atoms with Gasteiger partial charge >= 0.3 is 0 Å². The first kappa shape index (κ1) is 18.4. The molecule has 0 fully saturated rings. The molecule has 6 heteroatoms. The van der Waals surface area contributed by atoms with Gasteiger partial charge in [-0.05, 0) is 40.4 Å². The highest BCUT2D eigenvalue weighted by atomic mass is 32.1. The van der Waals surface area contributed by atoms with E-state index in [1.165, 1.54) is 22.7 Å². The summed E-state index contributed by atoms with van der Waals surface area (Å²) in [4.78, 5) is 26.3. The van der Waals surface area contributed by atoms with Crippen molar-refractivity contribution in [2.24, 2.45) is 5.92 Å². The molecule has 0 radical (unpaired) electrons. The highest BCUT2D eigenvalue weighted by Crippen LogP contribution is 2.29. The zero-order chi connectivity index (χ0) is 18.5. The molecule has 2 N–H and O–H groups in total. The van der Waals surface area contributed by atoms with Crippen LogP contribution in [0.2, 0.25) is 0 Å². The Morgan fingerprint density at radius 2 is 1.46 bits per heavy atom. The maximum Gasteiger partial charge on any atom is 0.265 e. The van der Waals surface area contributed by atoms with Crippen LogP contribution >= 0.6 is 22.7 Å². The van der Waals surface area contributed by atoms with Gasteiger partial charge in [0, 0.05) is 5.69 Å². The summed E-state index contributed by atoms with van der Waals surface area (Å²) in [6, 6.07) is 14.7. The van der Waals surface area contributed by atoms with Gasteiger partial charge in [-0.15, -0.1) is 22.7 Å². The fourth-order valence-electron chi connectivity index (χ4n) is 2.70. The Morgan fingerprint density at radius 1 is 0.846 bits per heavy atom. The maximum atomic E-state index is 12.5. The van der Waals surface area contributed by atoms with Crippen LogP contribution in [0.4, 0.5) is 5.69 Å². The average molecular weight is 385 g/mol. The van der Waals surface area contributed by atoms with Crippen molar-refractivity contribution >= 4 is 40.2 Å². The predicted octanol–water partition coefficient (Wildman–Crippen LogP) is 5.19. The summed E-state index contributed by atoms with van der Waals surface area (Å²) in [6.07, 6.45) is 0. The molecule has 0 aliphatic heterocycles. The largest absolute Gasteiger partial charge is 0.344 e. The van der Waals surface area contributed by atoms with Crippen LogP contribution in [0.5, 0.6) is 0 Å².